The molecule has 2 saturated carbocycles. The third kappa shape index (κ3) is 4.63. The molecule has 200 valence electrons. The van der Waals surface area contributed by atoms with Crippen LogP contribution in [0.3, 0.4) is 0 Å². The van der Waals surface area contributed by atoms with E-state index in [-0.39, 0.29) is 55.0 Å². The minimum absolute atomic E-state index is 0.00251. The predicted octanol–water partition coefficient (Wildman–Crippen LogP) is 6.66. The van der Waals surface area contributed by atoms with Gasteiger partial charge in [-0.15, -0.1) is 11.6 Å². The average Bonchev–Trinajstić information content (AvgIpc) is 3.51. The Morgan fingerprint density at radius 3 is 1.97 bits per heavy atom. The number of benzene rings is 2. The molecule has 7 atom stereocenters. The average molecular weight is 726 g/mol. The lowest BCUT2D eigenvalue weighted by Gasteiger charge is -2.36. The standard InChI is InChI=1S/C26H20Br2Cl4N2O4/c27-21-14-10-15(22(21)28)20-19(14)25(37)34(26(20)38)33(24(36)12-3-6-16(31)17(32)9-12)18(7-8-29)23(35)11-1-4-13(30)5-2-11/h1-6,9,14-15,18-22H,7-8,10H2/t14-,15-,18+,19-,20-,21+,22+/m1/s1. The number of imide groups is 1. The van der Waals surface area contributed by atoms with Crippen molar-refractivity contribution in [1.29, 1.82) is 0 Å². The van der Waals surface area contributed by atoms with Crippen molar-refractivity contribution in [2.24, 2.45) is 23.7 Å². The van der Waals surface area contributed by atoms with Crippen LogP contribution in [0, 0.1) is 23.7 Å². The van der Waals surface area contributed by atoms with Crippen molar-refractivity contribution in [3.8, 4) is 0 Å². The maximum atomic E-state index is 14.1. The van der Waals surface area contributed by atoms with Crippen molar-refractivity contribution in [1.82, 2.24) is 10.0 Å². The number of carbonyl (C=O) groups is 4. The first-order chi connectivity index (χ1) is 18.1. The maximum absolute atomic E-state index is 14.1. The number of nitrogens with zero attached hydrogens (tertiary/aromatic N) is 2. The molecule has 3 aliphatic rings. The topological polar surface area (TPSA) is 74.8 Å². The summed E-state index contributed by atoms with van der Waals surface area (Å²) < 4.78 is 0. The number of rotatable bonds is 7. The number of Topliss-reactive ketones (excluding diaryl/α,β-unsaturated/α-hetero) is 1. The van der Waals surface area contributed by atoms with E-state index in [2.05, 4.69) is 31.9 Å². The largest absolute Gasteiger partial charge is 0.292 e. The molecule has 0 N–H and O–H groups in total. The minimum atomic E-state index is -1.24. The Morgan fingerprint density at radius 1 is 0.895 bits per heavy atom. The first-order valence-corrected chi connectivity index (χ1v) is 15.4. The van der Waals surface area contributed by atoms with Gasteiger partial charge in [0.15, 0.2) is 5.78 Å². The molecular formula is C26H20Br2Cl4N2O4. The fourth-order valence-electron chi connectivity index (χ4n) is 5.95. The summed E-state index contributed by atoms with van der Waals surface area (Å²) in [6.45, 7) is 0. The fourth-order valence-corrected chi connectivity index (χ4v) is 8.46. The lowest BCUT2D eigenvalue weighted by atomic mass is 9.81. The van der Waals surface area contributed by atoms with Crippen LogP contribution in [-0.2, 0) is 9.59 Å². The summed E-state index contributed by atoms with van der Waals surface area (Å²) in [4.78, 5) is 55.7. The number of ketones is 1. The van der Waals surface area contributed by atoms with Gasteiger partial charge >= 0.3 is 0 Å². The van der Waals surface area contributed by atoms with Gasteiger partial charge in [0, 0.05) is 31.7 Å². The van der Waals surface area contributed by atoms with Crippen molar-refractivity contribution >= 4 is 102 Å². The number of hydrazine groups is 1. The molecule has 2 aliphatic carbocycles. The van der Waals surface area contributed by atoms with Crippen LogP contribution in [0.1, 0.15) is 33.6 Å². The van der Waals surface area contributed by atoms with Gasteiger partial charge in [-0.2, -0.15) is 5.01 Å². The van der Waals surface area contributed by atoms with E-state index in [1.165, 1.54) is 30.3 Å². The van der Waals surface area contributed by atoms with E-state index >= 15 is 0 Å². The highest BCUT2D eigenvalue weighted by Crippen LogP contribution is 2.60. The zero-order valence-corrected chi connectivity index (χ0v) is 25.7. The molecule has 2 bridgehead atoms. The molecule has 3 amide bonds. The van der Waals surface area contributed by atoms with Crippen LogP contribution in [0.25, 0.3) is 0 Å². The Hall–Kier alpha value is -1.16. The summed E-state index contributed by atoms with van der Waals surface area (Å²) in [6, 6.07) is 9.16. The van der Waals surface area contributed by atoms with E-state index in [1.54, 1.807) is 12.1 Å². The van der Waals surface area contributed by atoms with Crippen molar-refractivity contribution in [3.05, 3.63) is 68.7 Å². The Labute approximate surface area is 256 Å². The predicted molar refractivity (Wildman–Crippen MR) is 153 cm³/mol. The van der Waals surface area contributed by atoms with E-state index in [0.29, 0.717) is 5.02 Å². The lowest BCUT2D eigenvalue weighted by molar-refractivity contribution is -0.157. The van der Waals surface area contributed by atoms with E-state index in [9.17, 15) is 19.2 Å². The molecular weight excluding hydrogens is 706 g/mol. The molecule has 5 rings (SSSR count). The molecule has 38 heavy (non-hydrogen) atoms. The van der Waals surface area contributed by atoms with Crippen LogP contribution in [0.5, 0.6) is 0 Å². The molecule has 0 aromatic heterocycles. The van der Waals surface area contributed by atoms with E-state index in [0.717, 1.165) is 16.4 Å². The number of alkyl halides is 3. The summed E-state index contributed by atoms with van der Waals surface area (Å²) in [5.41, 5.74) is 0.331. The van der Waals surface area contributed by atoms with Gasteiger partial charge in [-0.1, -0.05) is 66.7 Å². The Balaban J connectivity index is 1.61. The van der Waals surface area contributed by atoms with Crippen LogP contribution in [0.15, 0.2) is 42.5 Å². The summed E-state index contributed by atoms with van der Waals surface area (Å²) >= 11 is 31.7. The highest BCUT2D eigenvalue weighted by atomic mass is 79.9. The number of amides is 3. The molecule has 0 unspecified atom stereocenters. The lowest BCUT2D eigenvalue weighted by Crippen LogP contribution is -2.58. The van der Waals surface area contributed by atoms with Crippen LogP contribution in [0.2, 0.25) is 15.1 Å². The first kappa shape index (κ1) is 28.4. The highest BCUT2D eigenvalue weighted by molar-refractivity contribution is 9.12. The van der Waals surface area contributed by atoms with Gasteiger partial charge in [0.2, 0.25) is 0 Å². The molecule has 6 nitrogen and oxygen atoms in total. The summed E-state index contributed by atoms with van der Waals surface area (Å²) in [7, 11) is 0. The van der Waals surface area contributed by atoms with Crippen LogP contribution >= 0.6 is 78.3 Å². The van der Waals surface area contributed by atoms with Gasteiger partial charge < -0.3 is 0 Å². The van der Waals surface area contributed by atoms with Crippen molar-refractivity contribution in [2.75, 3.05) is 5.88 Å². The SMILES string of the molecule is O=C(c1ccc(Cl)cc1)[C@H](CCCl)N(C(=O)c1ccc(Cl)c(Cl)c1)N1C(=O)[C@@H]2[C@H]3C[C@@H]([C@H](Br)[C@H]3Br)[C@H]2C1=O. The Kier molecular flexibility index (Phi) is 8.23. The quantitative estimate of drug-likeness (QED) is 0.182. The second-order valence-corrected chi connectivity index (χ2v) is 13.4. The zero-order chi connectivity index (χ0) is 27.5. The van der Waals surface area contributed by atoms with Gasteiger partial charge in [-0.3, -0.25) is 19.2 Å². The highest BCUT2D eigenvalue weighted by Gasteiger charge is 2.68. The minimum Gasteiger partial charge on any atom is -0.292 e. The number of fused-ring (bicyclic) bond motifs is 5. The molecule has 0 spiro atoms. The van der Waals surface area contributed by atoms with E-state index in [1.807, 2.05) is 0 Å². The van der Waals surface area contributed by atoms with Crippen LogP contribution in [0.4, 0.5) is 0 Å². The van der Waals surface area contributed by atoms with Gasteiger partial charge in [0.25, 0.3) is 17.7 Å². The molecule has 1 aliphatic heterocycles. The zero-order valence-electron chi connectivity index (χ0n) is 19.5. The van der Waals surface area contributed by atoms with Crippen molar-refractivity contribution < 1.29 is 19.2 Å². The van der Waals surface area contributed by atoms with Gasteiger partial charge in [0.1, 0.15) is 6.04 Å². The summed E-state index contributed by atoms with van der Waals surface area (Å²) in [5, 5.41) is 2.65. The molecule has 1 heterocycles. The third-order valence-corrected chi connectivity index (χ3v) is 12.1. The van der Waals surface area contributed by atoms with Crippen LogP contribution < -0.4 is 0 Å². The summed E-state index contributed by atoms with van der Waals surface area (Å²) in [6.07, 6.45) is 0.722. The van der Waals surface area contributed by atoms with Crippen molar-refractivity contribution in [2.45, 2.75) is 28.5 Å². The van der Waals surface area contributed by atoms with E-state index in [4.69, 9.17) is 46.4 Å². The number of halogens is 6. The molecule has 2 aromatic carbocycles. The molecule has 2 aromatic rings. The van der Waals surface area contributed by atoms with Gasteiger partial charge in [0.05, 0.1) is 21.9 Å². The first-order valence-electron chi connectivity index (χ1n) is 11.9. The smallest absolute Gasteiger partial charge is 0.273 e. The molecule has 12 heteroatoms. The number of hydrogen-bond acceptors (Lipinski definition) is 4. The molecule has 1 saturated heterocycles. The molecule has 0 radical (unpaired) electrons. The summed E-state index contributed by atoms with van der Waals surface area (Å²) in [5.74, 6) is -3.52. The maximum Gasteiger partial charge on any atom is 0.273 e. The second kappa shape index (κ2) is 11.0. The number of carbonyl (C=O) groups excluding carboxylic acids is 4. The Bertz CT molecular complexity index is 1290. The second-order valence-electron chi connectivity index (χ2n) is 9.64. The van der Waals surface area contributed by atoms with Crippen LogP contribution in [-0.4, -0.2) is 55.1 Å². The number of hydrogen-bond donors (Lipinski definition) is 0. The van der Waals surface area contributed by atoms with Gasteiger partial charge in [-0.05, 0) is 67.1 Å². The fraction of sp³-hybridized carbons (Fsp3) is 0.385. The Morgan fingerprint density at radius 2 is 1.45 bits per heavy atom. The third-order valence-electron chi connectivity index (χ3n) is 7.66. The van der Waals surface area contributed by atoms with E-state index < -0.39 is 41.4 Å². The normalized spacial score (nSPS) is 28.5. The van der Waals surface area contributed by atoms with Crippen molar-refractivity contribution in [3.63, 3.8) is 0 Å². The van der Waals surface area contributed by atoms with Gasteiger partial charge in [-0.25, -0.2) is 5.01 Å². The molecule has 3 fully saturated rings. The monoisotopic (exact) mass is 722 g/mol.